The Kier molecular flexibility index (Phi) is 5.11. The van der Waals surface area contributed by atoms with Crippen molar-refractivity contribution in [2.75, 3.05) is 0 Å². The molecule has 0 spiro atoms. The van der Waals surface area contributed by atoms with Crippen LogP contribution < -0.4 is 5.32 Å². The highest BCUT2D eigenvalue weighted by Gasteiger charge is 2.23. The summed E-state index contributed by atoms with van der Waals surface area (Å²) in [5.74, 6) is -0.967. The Morgan fingerprint density at radius 3 is 2.53 bits per heavy atom. The highest BCUT2D eigenvalue weighted by atomic mass is 32.1. The van der Waals surface area contributed by atoms with Crippen LogP contribution in [-0.2, 0) is 11.2 Å². The molecule has 0 radical (unpaired) electrons. The number of amides is 1. The van der Waals surface area contributed by atoms with E-state index in [9.17, 15) is 9.59 Å². The number of carboxylic acids is 1. The molecule has 0 aliphatic carbocycles. The lowest BCUT2D eigenvalue weighted by molar-refractivity contribution is -0.137. The van der Waals surface area contributed by atoms with E-state index in [2.05, 4.69) is 12.2 Å². The lowest BCUT2D eigenvalue weighted by Crippen LogP contribution is -2.43. The van der Waals surface area contributed by atoms with Crippen LogP contribution in [0, 0.1) is 6.92 Å². The zero-order valence-corrected chi connectivity index (χ0v) is 12.7. The molecular formula is C14H21NO3S. The zero-order chi connectivity index (χ0) is 14.6. The summed E-state index contributed by atoms with van der Waals surface area (Å²) < 4.78 is 0. The number of aryl methyl sites for hydroxylation is 2. The van der Waals surface area contributed by atoms with Gasteiger partial charge in [-0.15, -0.1) is 11.3 Å². The quantitative estimate of drug-likeness (QED) is 0.843. The molecule has 0 saturated heterocycles. The second-order valence-electron chi connectivity index (χ2n) is 5.30. The molecule has 0 fully saturated rings. The number of hydrogen-bond donors (Lipinski definition) is 2. The summed E-state index contributed by atoms with van der Waals surface area (Å²) in [6, 6.07) is 1.89. The van der Waals surface area contributed by atoms with Crippen molar-refractivity contribution < 1.29 is 14.7 Å². The Morgan fingerprint density at radius 2 is 2.05 bits per heavy atom. The van der Waals surface area contributed by atoms with Gasteiger partial charge in [-0.05, 0) is 45.2 Å². The average Bonchev–Trinajstić information content (AvgIpc) is 2.68. The maximum absolute atomic E-state index is 12.1. The van der Waals surface area contributed by atoms with Crippen LogP contribution in [0.4, 0.5) is 0 Å². The van der Waals surface area contributed by atoms with E-state index < -0.39 is 11.5 Å². The summed E-state index contributed by atoms with van der Waals surface area (Å²) in [6.45, 7) is 7.75. The monoisotopic (exact) mass is 283 g/mol. The minimum absolute atomic E-state index is 0.0525. The van der Waals surface area contributed by atoms with E-state index in [1.165, 1.54) is 16.2 Å². The lowest BCUT2D eigenvalue weighted by atomic mass is 9.98. The number of hydrogen-bond acceptors (Lipinski definition) is 3. The van der Waals surface area contributed by atoms with E-state index in [4.69, 9.17) is 5.11 Å². The van der Waals surface area contributed by atoms with Gasteiger partial charge in [-0.1, -0.05) is 6.92 Å². The first-order chi connectivity index (χ1) is 8.75. The van der Waals surface area contributed by atoms with Crippen molar-refractivity contribution in [3.05, 3.63) is 21.4 Å². The van der Waals surface area contributed by atoms with Crippen LogP contribution >= 0.6 is 11.3 Å². The number of rotatable bonds is 6. The number of nitrogens with one attached hydrogen (secondary N) is 1. The maximum Gasteiger partial charge on any atom is 0.303 e. The van der Waals surface area contributed by atoms with Gasteiger partial charge in [-0.2, -0.15) is 0 Å². The van der Waals surface area contributed by atoms with Gasteiger partial charge in [0.15, 0.2) is 0 Å². The predicted octanol–water partition coefficient (Wildman–Crippen LogP) is 2.99. The third-order valence-corrected chi connectivity index (χ3v) is 4.36. The third-order valence-electron chi connectivity index (χ3n) is 2.98. The summed E-state index contributed by atoms with van der Waals surface area (Å²) in [7, 11) is 0. The maximum atomic E-state index is 12.1. The molecule has 1 rings (SSSR count). The molecule has 0 aromatic carbocycles. The molecule has 0 saturated carbocycles. The first-order valence-electron chi connectivity index (χ1n) is 6.39. The van der Waals surface area contributed by atoms with Crippen LogP contribution in [0.1, 0.15) is 53.7 Å². The summed E-state index contributed by atoms with van der Waals surface area (Å²) >= 11 is 1.50. The van der Waals surface area contributed by atoms with E-state index in [0.29, 0.717) is 11.3 Å². The van der Waals surface area contributed by atoms with Gasteiger partial charge in [-0.25, -0.2) is 0 Å². The fourth-order valence-electron chi connectivity index (χ4n) is 1.83. The smallest absolute Gasteiger partial charge is 0.303 e. The topological polar surface area (TPSA) is 66.4 Å². The Morgan fingerprint density at radius 1 is 1.42 bits per heavy atom. The van der Waals surface area contributed by atoms with E-state index in [1.54, 1.807) is 0 Å². The van der Waals surface area contributed by atoms with Gasteiger partial charge in [0.05, 0.1) is 4.88 Å². The Labute approximate surface area is 117 Å². The molecule has 19 heavy (non-hydrogen) atoms. The molecule has 1 aromatic heterocycles. The molecule has 1 amide bonds. The van der Waals surface area contributed by atoms with Gasteiger partial charge < -0.3 is 10.4 Å². The van der Waals surface area contributed by atoms with Crippen LogP contribution in [0.15, 0.2) is 6.07 Å². The zero-order valence-electron chi connectivity index (χ0n) is 11.9. The first kappa shape index (κ1) is 15.7. The summed E-state index contributed by atoms with van der Waals surface area (Å²) in [5.41, 5.74) is 0.626. The highest BCUT2D eigenvalue weighted by molar-refractivity contribution is 7.14. The van der Waals surface area contributed by atoms with Gasteiger partial charge in [0.25, 0.3) is 5.91 Å². The van der Waals surface area contributed by atoms with Crippen LogP contribution in [0.25, 0.3) is 0 Å². The molecule has 4 nitrogen and oxygen atoms in total. The molecule has 106 valence electrons. The number of carbonyl (C=O) groups excluding carboxylic acids is 1. The number of carbonyl (C=O) groups is 2. The second-order valence-corrected chi connectivity index (χ2v) is 6.44. The summed E-state index contributed by atoms with van der Waals surface area (Å²) in [5, 5.41) is 11.6. The third kappa shape index (κ3) is 4.67. The van der Waals surface area contributed by atoms with Crippen LogP contribution in [0.2, 0.25) is 0 Å². The highest BCUT2D eigenvalue weighted by Crippen LogP contribution is 2.23. The SMILES string of the molecule is CCc1sc(C(=O)NC(C)(C)CCC(=O)O)cc1C. The van der Waals surface area contributed by atoms with Gasteiger partial charge in [0.2, 0.25) is 0 Å². The van der Waals surface area contributed by atoms with Gasteiger partial charge in [0.1, 0.15) is 0 Å². The lowest BCUT2D eigenvalue weighted by Gasteiger charge is -2.25. The van der Waals surface area contributed by atoms with E-state index in [0.717, 1.165) is 12.0 Å². The number of aliphatic carboxylic acids is 1. The molecule has 2 N–H and O–H groups in total. The normalized spacial score (nSPS) is 11.4. The molecule has 1 aromatic rings. The molecule has 0 aliphatic heterocycles. The van der Waals surface area contributed by atoms with E-state index in [1.807, 2.05) is 26.8 Å². The van der Waals surface area contributed by atoms with Gasteiger partial charge in [0, 0.05) is 16.8 Å². The molecule has 5 heteroatoms. The van der Waals surface area contributed by atoms with E-state index in [-0.39, 0.29) is 12.3 Å². The Hall–Kier alpha value is -1.36. The Bertz CT molecular complexity index is 477. The number of thiophene rings is 1. The van der Waals surface area contributed by atoms with Crippen LogP contribution in [-0.4, -0.2) is 22.5 Å². The second kappa shape index (κ2) is 6.19. The standard InChI is InChI=1S/C14H21NO3S/c1-5-10-9(2)8-11(19-10)13(18)15-14(3,4)7-6-12(16)17/h8H,5-7H2,1-4H3,(H,15,18)(H,16,17). The van der Waals surface area contributed by atoms with Crippen molar-refractivity contribution in [2.24, 2.45) is 0 Å². The van der Waals surface area contributed by atoms with Crippen molar-refractivity contribution in [3.63, 3.8) is 0 Å². The van der Waals surface area contributed by atoms with Crippen molar-refractivity contribution >= 4 is 23.2 Å². The van der Waals surface area contributed by atoms with Crippen molar-refractivity contribution in [3.8, 4) is 0 Å². The van der Waals surface area contributed by atoms with Gasteiger partial charge in [-0.3, -0.25) is 9.59 Å². The fourth-order valence-corrected chi connectivity index (χ4v) is 2.84. The van der Waals surface area contributed by atoms with Crippen LogP contribution in [0.3, 0.4) is 0 Å². The summed E-state index contributed by atoms with van der Waals surface area (Å²) in [6.07, 6.45) is 1.39. The molecule has 0 atom stereocenters. The first-order valence-corrected chi connectivity index (χ1v) is 7.20. The largest absolute Gasteiger partial charge is 0.481 e. The Balaban J connectivity index is 2.69. The minimum Gasteiger partial charge on any atom is -0.481 e. The molecule has 0 bridgehead atoms. The molecule has 0 unspecified atom stereocenters. The molecule has 1 heterocycles. The average molecular weight is 283 g/mol. The van der Waals surface area contributed by atoms with Crippen molar-refractivity contribution in [1.29, 1.82) is 0 Å². The van der Waals surface area contributed by atoms with Gasteiger partial charge >= 0.3 is 5.97 Å². The minimum atomic E-state index is -0.845. The van der Waals surface area contributed by atoms with Crippen molar-refractivity contribution in [2.45, 2.75) is 52.5 Å². The van der Waals surface area contributed by atoms with E-state index >= 15 is 0 Å². The molecule has 0 aliphatic rings. The molecular weight excluding hydrogens is 262 g/mol. The van der Waals surface area contributed by atoms with Crippen molar-refractivity contribution in [1.82, 2.24) is 5.32 Å². The van der Waals surface area contributed by atoms with Crippen LogP contribution in [0.5, 0.6) is 0 Å². The predicted molar refractivity (Wildman–Crippen MR) is 76.8 cm³/mol. The fraction of sp³-hybridized carbons (Fsp3) is 0.571. The summed E-state index contributed by atoms with van der Waals surface area (Å²) in [4.78, 5) is 24.6. The number of carboxylic acid groups (broad SMARTS) is 1.